The quantitative estimate of drug-likeness (QED) is 0.633. The minimum Gasteiger partial charge on any atom is -0.304 e. The van der Waals surface area contributed by atoms with Crippen LogP contribution in [0.5, 0.6) is 0 Å². The molecule has 1 unspecified atom stereocenters. The molecule has 3 N–H and O–H groups in total. The third kappa shape index (κ3) is 1.88. The van der Waals surface area contributed by atoms with E-state index >= 15 is 0 Å². The molecule has 1 atom stereocenters. The van der Waals surface area contributed by atoms with E-state index in [9.17, 15) is 4.79 Å². The maximum absolute atomic E-state index is 11.4. The van der Waals surface area contributed by atoms with Crippen molar-refractivity contribution in [3.63, 3.8) is 0 Å². The van der Waals surface area contributed by atoms with Gasteiger partial charge in [-0.15, -0.1) is 0 Å². The second kappa shape index (κ2) is 3.98. The number of amides is 2. The number of urea groups is 1. The molecular formula is C9H18N4O. The highest BCUT2D eigenvalue weighted by molar-refractivity contribution is 5.77. The summed E-state index contributed by atoms with van der Waals surface area (Å²) in [5, 5.41) is 2.75. The summed E-state index contributed by atoms with van der Waals surface area (Å²) in [5.41, 5.74) is 6.06. The monoisotopic (exact) mass is 198 g/mol. The summed E-state index contributed by atoms with van der Waals surface area (Å²) in [5.74, 6) is -0.840. The van der Waals surface area contributed by atoms with E-state index in [0.29, 0.717) is 0 Å². The lowest BCUT2D eigenvalue weighted by molar-refractivity contribution is 0.107. The van der Waals surface area contributed by atoms with Gasteiger partial charge in [0.05, 0.1) is 0 Å². The van der Waals surface area contributed by atoms with Crippen LogP contribution < -0.4 is 11.1 Å². The summed E-state index contributed by atoms with van der Waals surface area (Å²) >= 11 is 0. The lowest BCUT2D eigenvalue weighted by atomic mass is 10.2. The molecule has 0 aliphatic carbocycles. The van der Waals surface area contributed by atoms with Gasteiger partial charge in [0.15, 0.2) is 5.79 Å². The Bertz CT molecular complexity index is 249. The van der Waals surface area contributed by atoms with Crippen LogP contribution >= 0.6 is 0 Å². The summed E-state index contributed by atoms with van der Waals surface area (Å²) in [6, 6.07) is -0.179. The number of carbonyl (C=O) groups is 1. The first-order valence-corrected chi connectivity index (χ1v) is 4.81. The third-order valence-electron chi connectivity index (χ3n) is 2.47. The normalized spacial score (nSPS) is 26.9. The van der Waals surface area contributed by atoms with E-state index in [1.54, 1.807) is 19.3 Å². The third-order valence-corrected chi connectivity index (χ3v) is 2.47. The number of hydrogen-bond donors (Lipinski definition) is 2. The molecule has 0 spiro atoms. The molecule has 0 saturated carbocycles. The molecule has 0 saturated heterocycles. The maximum Gasteiger partial charge on any atom is 0.323 e. The van der Waals surface area contributed by atoms with Gasteiger partial charge in [0.2, 0.25) is 0 Å². The van der Waals surface area contributed by atoms with Crippen LogP contribution in [0.3, 0.4) is 0 Å². The van der Waals surface area contributed by atoms with Gasteiger partial charge in [-0.25, -0.2) is 4.79 Å². The first-order valence-electron chi connectivity index (χ1n) is 4.81. The fourth-order valence-corrected chi connectivity index (χ4v) is 1.53. The van der Waals surface area contributed by atoms with Gasteiger partial charge in [-0.2, -0.15) is 0 Å². The Balaban J connectivity index is 2.85. The maximum atomic E-state index is 11.4. The molecule has 2 amide bonds. The van der Waals surface area contributed by atoms with E-state index in [4.69, 9.17) is 5.73 Å². The van der Waals surface area contributed by atoms with Crippen LogP contribution in [0.25, 0.3) is 0 Å². The Morgan fingerprint density at radius 2 is 2.14 bits per heavy atom. The van der Waals surface area contributed by atoms with Crippen molar-refractivity contribution in [1.29, 1.82) is 0 Å². The van der Waals surface area contributed by atoms with Gasteiger partial charge in [-0.3, -0.25) is 10.6 Å². The number of nitrogens with one attached hydrogen (secondary N) is 1. The minimum absolute atomic E-state index is 0.179. The van der Waals surface area contributed by atoms with Crippen molar-refractivity contribution in [2.45, 2.75) is 19.6 Å². The highest BCUT2D eigenvalue weighted by Crippen LogP contribution is 2.12. The van der Waals surface area contributed by atoms with Crippen molar-refractivity contribution in [1.82, 2.24) is 15.1 Å². The van der Waals surface area contributed by atoms with Gasteiger partial charge in [0.1, 0.15) is 0 Å². The summed E-state index contributed by atoms with van der Waals surface area (Å²) in [4.78, 5) is 14.9. The molecule has 0 bridgehead atoms. The van der Waals surface area contributed by atoms with E-state index < -0.39 is 5.79 Å². The molecule has 5 heteroatoms. The van der Waals surface area contributed by atoms with E-state index in [2.05, 4.69) is 5.32 Å². The van der Waals surface area contributed by atoms with Gasteiger partial charge in [-0.1, -0.05) is 13.8 Å². The molecule has 80 valence electrons. The van der Waals surface area contributed by atoms with Crippen LogP contribution in [-0.4, -0.2) is 41.8 Å². The molecule has 1 aliphatic rings. The highest BCUT2D eigenvalue weighted by atomic mass is 16.2. The van der Waals surface area contributed by atoms with E-state index in [1.165, 1.54) is 4.90 Å². The Kier molecular flexibility index (Phi) is 3.13. The summed E-state index contributed by atoms with van der Waals surface area (Å²) in [7, 11) is 1.69. The molecule has 1 aliphatic heterocycles. The van der Waals surface area contributed by atoms with Gasteiger partial charge >= 0.3 is 6.03 Å². The number of nitrogens with zero attached hydrogens (tertiary/aromatic N) is 2. The van der Waals surface area contributed by atoms with Gasteiger partial charge in [0, 0.05) is 13.2 Å². The largest absolute Gasteiger partial charge is 0.323 e. The summed E-state index contributed by atoms with van der Waals surface area (Å²) in [6.07, 6.45) is 3.48. The van der Waals surface area contributed by atoms with Gasteiger partial charge in [-0.05, 0) is 19.2 Å². The smallest absolute Gasteiger partial charge is 0.304 e. The van der Waals surface area contributed by atoms with Crippen LogP contribution in [0.15, 0.2) is 12.3 Å². The van der Waals surface area contributed by atoms with E-state index in [-0.39, 0.29) is 6.03 Å². The first kappa shape index (κ1) is 11.0. The summed E-state index contributed by atoms with van der Waals surface area (Å²) in [6.45, 7) is 5.61. The molecule has 0 radical (unpaired) electrons. The van der Waals surface area contributed by atoms with Crippen molar-refractivity contribution in [2.75, 3.05) is 20.1 Å². The SMILES string of the molecule is CCN(CC)C1(N)C=CN(C)C(=O)N1. The topological polar surface area (TPSA) is 61.6 Å². The standard InChI is InChI=1S/C9H18N4O/c1-4-13(5-2)9(10)6-7-12(3)8(14)11-9/h6-7H,4-5,10H2,1-3H3,(H,11,14). The Morgan fingerprint density at radius 3 is 2.57 bits per heavy atom. The van der Waals surface area contributed by atoms with Crippen LogP contribution in [0.1, 0.15) is 13.8 Å². The van der Waals surface area contributed by atoms with Gasteiger partial charge < -0.3 is 10.2 Å². The number of hydrogen-bond acceptors (Lipinski definition) is 3. The highest BCUT2D eigenvalue weighted by Gasteiger charge is 2.33. The molecule has 0 aromatic rings. The summed E-state index contributed by atoms with van der Waals surface area (Å²) < 4.78 is 0. The van der Waals surface area contributed by atoms with Crippen LogP contribution in [0.2, 0.25) is 0 Å². The molecule has 0 aromatic heterocycles. The van der Waals surface area contributed by atoms with E-state index in [1.807, 2.05) is 18.7 Å². The van der Waals surface area contributed by atoms with Crippen molar-refractivity contribution in [2.24, 2.45) is 5.73 Å². The predicted octanol–water partition coefficient (Wildman–Crippen LogP) is 0.109. The van der Waals surface area contributed by atoms with Crippen LogP contribution in [0, 0.1) is 0 Å². The molecule has 1 rings (SSSR count). The first-order chi connectivity index (χ1) is 6.53. The molecule has 5 nitrogen and oxygen atoms in total. The zero-order valence-corrected chi connectivity index (χ0v) is 8.95. The minimum atomic E-state index is -0.840. The van der Waals surface area contributed by atoms with Crippen molar-refractivity contribution in [3.05, 3.63) is 12.3 Å². The average Bonchev–Trinajstić information content (AvgIpc) is 2.14. The van der Waals surface area contributed by atoms with Crippen LogP contribution in [0.4, 0.5) is 4.79 Å². The number of rotatable bonds is 3. The molecule has 0 aromatic carbocycles. The van der Waals surface area contributed by atoms with E-state index in [0.717, 1.165) is 13.1 Å². The fraction of sp³-hybridized carbons (Fsp3) is 0.667. The van der Waals surface area contributed by atoms with Crippen molar-refractivity contribution < 1.29 is 4.79 Å². The van der Waals surface area contributed by atoms with Crippen molar-refractivity contribution >= 4 is 6.03 Å². The number of nitrogens with two attached hydrogens (primary N) is 1. The lowest BCUT2D eigenvalue weighted by Gasteiger charge is -2.41. The second-order valence-corrected chi connectivity index (χ2v) is 3.35. The van der Waals surface area contributed by atoms with Crippen molar-refractivity contribution in [3.8, 4) is 0 Å². The predicted molar refractivity (Wildman–Crippen MR) is 55.3 cm³/mol. The molecular weight excluding hydrogens is 180 g/mol. The zero-order valence-electron chi connectivity index (χ0n) is 8.95. The Hall–Kier alpha value is -1.07. The second-order valence-electron chi connectivity index (χ2n) is 3.35. The lowest BCUT2D eigenvalue weighted by Crippen LogP contribution is -2.68. The zero-order chi connectivity index (χ0) is 10.8. The van der Waals surface area contributed by atoms with Gasteiger partial charge in [0.25, 0.3) is 0 Å². The number of likely N-dealkylation sites (N-methyl/N-ethyl adjacent to an activating group) is 1. The molecule has 1 heterocycles. The molecule has 14 heavy (non-hydrogen) atoms. The molecule has 0 fully saturated rings. The Labute approximate surface area is 84.5 Å². The Morgan fingerprint density at radius 1 is 1.57 bits per heavy atom. The average molecular weight is 198 g/mol. The fourth-order valence-electron chi connectivity index (χ4n) is 1.53. The number of carbonyl (C=O) groups excluding carboxylic acids is 1. The van der Waals surface area contributed by atoms with Crippen LogP contribution in [-0.2, 0) is 0 Å².